The number of nitrogens with one attached hydrogen (secondary N) is 2. The van der Waals surface area contributed by atoms with Gasteiger partial charge in [-0.05, 0) is 50.8 Å². The minimum absolute atomic E-state index is 0.188. The van der Waals surface area contributed by atoms with Gasteiger partial charge in [0.05, 0.1) is 17.4 Å². The van der Waals surface area contributed by atoms with Crippen molar-refractivity contribution in [2.24, 2.45) is 11.8 Å². The van der Waals surface area contributed by atoms with Gasteiger partial charge in [-0.2, -0.15) is 0 Å². The third kappa shape index (κ3) is 5.22. The Kier molecular flexibility index (Phi) is 6.95. The van der Waals surface area contributed by atoms with Crippen molar-refractivity contribution in [3.8, 4) is 0 Å². The Balaban J connectivity index is 1.87. The van der Waals surface area contributed by atoms with Crippen LogP contribution in [0.3, 0.4) is 0 Å². The second-order valence-electron chi connectivity index (χ2n) is 8.38. The van der Waals surface area contributed by atoms with E-state index in [1.807, 2.05) is 45.9 Å². The van der Waals surface area contributed by atoms with Crippen molar-refractivity contribution in [1.29, 1.82) is 0 Å². The number of thiophene rings is 1. The summed E-state index contributed by atoms with van der Waals surface area (Å²) in [5, 5.41) is 15.8. The molecule has 7 heteroatoms. The molecular formula is C24H28N2O4S. The monoisotopic (exact) mass is 440 g/mol. The number of hydrogen-bond donors (Lipinski definition) is 3. The highest BCUT2D eigenvalue weighted by atomic mass is 32.1. The number of amides is 2. The van der Waals surface area contributed by atoms with E-state index in [-0.39, 0.29) is 17.7 Å². The van der Waals surface area contributed by atoms with Crippen molar-refractivity contribution < 1.29 is 19.5 Å². The van der Waals surface area contributed by atoms with Crippen molar-refractivity contribution in [2.75, 3.05) is 10.6 Å². The summed E-state index contributed by atoms with van der Waals surface area (Å²) in [6.07, 6.45) is 0.769. The first-order valence-corrected chi connectivity index (χ1v) is 11.2. The van der Waals surface area contributed by atoms with Crippen LogP contribution in [0.2, 0.25) is 0 Å². The molecule has 0 spiro atoms. The van der Waals surface area contributed by atoms with Gasteiger partial charge in [-0.3, -0.25) is 14.4 Å². The molecule has 164 valence electrons. The molecule has 2 amide bonds. The Labute approximate surface area is 186 Å². The topological polar surface area (TPSA) is 95.5 Å². The van der Waals surface area contributed by atoms with E-state index in [0.717, 1.165) is 16.0 Å². The first-order chi connectivity index (χ1) is 14.7. The van der Waals surface area contributed by atoms with Crippen LogP contribution >= 0.6 is 11.3 Å². The molecular weight excluding hydrogens is 412 g/mol. The summed E-state index contributed by atoms with van der Waals surface area (Å²) in [5.41, 5.74) is 3.12. The van der Waals surface area contributed by atoms with Gasteiger partial charge in [-0.15, -0.1) is 11.3 Å². The minimum Gasteiger partial charge on any atom is -0.481 e. The molecule has 0 saturated heterocycles. The standard InChI is InChI=1S/C24H28N2O4S/c1-13(2)20-12-19(22(28)25-16-8-6-5-7-9-16)23(31-20)26-21(27)17-10-14(3)15(4)11-18(17)24(29)30/h5-9,12-13,17-18H,10-11H2,1-4H3,(H,25,28)(H,26,27)(H,29,30)/t17-,18-/m0/s1. The molecule has 3 rings (SSSR count). The van der Waals surface area contributed by atoms with E-state index in [9.17, 15) is 19.5 Å². The Morgan fingerprint density at radius 1 is 1.00 bits per heavy atom. The number of anilines is 2. The average molecular weight is 441 g/mol. The van der Waals surface area contributed by atoms with E-state index in [0.29, 0.717) is 29.1 Å². The van der Waals surface area contributed by atoms with Gasteiger partial charge in [0.25, 0.3) is 5.91 Å². The summed E-state index contributed by atoms with van der Waals surface area (Å²) < 4.78 is 0. The number of carboxylic acid groups (broad SMARTS) is 1. The molecule has 2 atom stereocenters. The van der Waals surface area contributed by atoms with Gasteiger partial charge in [0, 0.05) is 10.6 Å². The number of hydrogen-bond acceptors (Lipinski definition) is 4. The van der Waals surface area contributed by atoms with Crippen molar-refractivity contribution in [3.05, 3.63) is 58.0 Å². The van der Waals surface area contributed by atoms with Crippen molar-refractivity contribution in [2.45, 2.75) is 46.5 Å². The van der Waals surface area contributed by atoms with Crippen LogP contribution < -0.4 is 10.6 Å². The summed E-state index contributed by atoms with van der Waals surface area (Å²) in [4.78, 5) is 38.8. The molecule has 0 bridgehead atoms. The normalized spacial score (nSPS) is 18.7. The zero-order valence-corrected chi connectivity index (χ0v) is 19.0. The number of para-hydroxylation sites is 1. The number of rotatable bonds is 6. The zero-order valence-electron chi connectivity index (χ0n) is 18.2. The number of carboxylic acids is 1. The highest BCUT2D eigenvalue weighted by Gasteiger charge is 2.37. The molecule has 0 aliphatic heterocycles. The smallest absolute Gasteiger partial charge is 0.307 e. The maximum atomic E-state index is 13.1. The third-order valence-corrected chi connectivity index (χ3v) is 7.10. The minimum atomic E-state index is -0.969. The summed E-state index contributed by atoms with van der Waals surface area (Å²) in [6.45, 7) is 7.90. The van der Waals surface area contributed by atoms with Crippen LogP contribution in [0.5, 0.6) is 0 Å². The number of carbonyl (C=O) groups excluding carboxylic acids is 2. The number of aliphatic carboxylic acids is 1. The van der Waals surface area contributed by atoms with Gasteiger partial charge in [-0.25, -0.2) is 0 Å². The fourth-order valence-electron chi connectivity index (χ4n) is 3.71. The molecule has 0 radical (unpaired) electrons. The summed E-state index contributed by atoms with van der Waals surface area (Å²) in [5.74, 6) is -2.89. The Morgan fingerprint density at radius 2 is 1.61 bits per heavy atom. The fourth-order valence-corrected chi connectivity index (χ4v) is 4.77. The molecule has 6 nitrogen and oxygen atoms in total. The van der Waals surface area contributed by atoms with Crippen molar-refractivity contribution in [3.63, 3.8) is 0 Å². The molecule has 1 aromatic carbocycles. The Morgan fingerprint density at radius 3 is 2.19 bits per heavy atom. The lowest BCUT2D eigenvalue weighted by Crippen LogP contribution is -2.36. The van der Waals surface area contributed by atoms with E-state index in [4.69, 9.17) is 0 Å². The maximum Gasteiger partial charge on any atom is 0.307 e. The molecule has 1 aliphatic carbocycles. The van der Waals surface area contributed by atoms with Gasteiger partial charge in [0.15, 0.2) is 0 Å². The van der Waals surface area contributed by atoms with E-state index < -0.39 is 17.8 Å². The van der Waals surface area contributed by atoms with Gasteiger partial charge >= 0.3 is 5.97 Å². The molecule has 3 N–H and O–H groups in total. The van der Waals surface area contributed by atoms with E-state index >= 15 is 0 Å². The number of allylic oxidation sites excluding steroid dienone is 2. The van der Waals surface area contributed by atoms with Gasteiger partial charge in [-0.1, -0.05) is 43.2 Å². The van der Waals surface area contributed by atoms with Crippen LogP contribution in [-0.2, 0) is 9.59 Å². The number of benzene rings is 1. The molecule has 1 aliphatic rings. The largest absolute Gasteiger partial charge is 0.481 e. The van der Waals surface area contributed by atoms with E-state index in [2.05, 4.69) is 10.6 Å². The van der Waals surface area contributed by atoms with Gasteiger partial charge < -0.3 is 15.7 Å². The second kappa shape index (κ2) is 9.47. The van der Waals surface area contributed by atoms with Crippen molar-refractivity contribution >= 4 is 39.8 Å². The van der Waals surface area contributed by atoms with Crippen LogP contribution in [0.15, 0.2) is 47.5 Å². The first kappa shape index (κ1) is 22.7. The molecule has 1 heterocycles. The van der Waals surface area contributed by atoms with Crippen LogP contribution in [0.4, 0.5) is 10.7 Å². The highest BCUT2D eigenvalue weighted by Crippen LogP contribution is 2.37. The van der Waals surface area contributed by atoms with Gasteiger partial charge in [0.1, 0.15) is 5.00 Å². The SMILES string of the molecule is CC1=C(C)C[C@H](C(=O)Nc2sc(C(C)C)cc2C(=O)Nc2ccccc2)[C@@H](C(=O)O)C1. The molecule has 2 aromatic rings. The predicted molar refractivity (Wildman–Crippen MR) is 124 cm³/mol. The average Bonchev–Trinajstić information content (AvgIpc) is 3.14. The van der Waals surface area contributed by atoms with Crippen LogP contribution in [-0.4, -0.2) is 22.9 Å². The third-order valence-electron chi connectivity index (χ3n) is 5.75. The lowest BCUT2D eigenvalue weighted by molar-refractivity contribution is -0.146. The summed E-state index contributed by atoms with van der Waals surface area (Å²) in [6, 6.07) is 10.9. The molecule has 31 heavy (non-hydrogen) atoms. The first-order valence-electron chi connectivity index (χ1n) is 10.4. The molecule has 1 aromatic heterocycles. The quantitative estimate of drug-likeness (QED) is 0.516. The lowest BCUT2D eigenvalue weighted by Gasteiger charge is -2.29. The van der Waals surface area contributed by atoms with E-state index in [1.54, 1.807) is 18.2 Å². The predicted octanol–water partition coefficient (Wildman–Crippen LogP) is 5.51. The summed E-state index contributed by atoms with van der Waals surface area (Å²) in [7, 11) is 0. The Hall–Kier alpha value is -2.93. The number of carbonyl (C=O) groups is 3. The van der Waals surface area contributed by atoms with Crippen LogP contribution in [0, 0.1) is 11.8 Å². The van der Waals surface area contributed by atoms with E-state index in [1.165, 1.54) is 11.3 Å². The molecule has 0 saturated carbocycles. The fraction of sp³-hybridized carbons (Fsp3) is 0.375. The highest BCUT2D eigenvalue weighted by molar-refractivity contribution is 7.16. The van der Waals surface area contributed by atoms with Gasteiger partial charge in [0.2, 0.25) is 5.91 Å². The lowest BCUT2D eigenvalue weighted by atomic mass is 9.76. The zero-order chi connectivity index (χ0) is 22.7. The molecule has 0 unspecified atom stereocenters. The van der Waals surface area contributed by atoms with Crippen LogP contribution in [0.25, 0.3) is 0 Å². The maximum absolute atomic E-state index is 13.1. The Bertz CT molecular complexity index is 1020. The molecule has 0 fully saturated rings. The second-order valence-corrected chi connectivity index (χ2v) is 9.46. The summed E-state index contributed by atoms with van der Waals surface area (Å²) >= 11 is 1.36. The van der Waals surface area contributed by atoms with Crippen LogP contribution in [0.1, 0.15) is 61.7 Å². The van der Waals surface area contributed by atoms with Crippen molar-refractivity contribution in [1.82, 2.24) is 0 Å².